The first-order valence-electron chi connectivity index (χ1n) is 16.4. The second kappa shape index (κ2) is 14.6. The summed E-state index contributed by atoms with van der Waals surface area (Å²) >= 11 is 6.38. The first-order valence-corrected chi connectivity index (χ1v) is 16.8. The van der Waals surface area contributed by atoms with Gasteiger partial charge < -0.3 is 29.9 Å². The summed E-state index contributed by atoms with van der Waals surface area (Å²) in [6.45, 7) is 12.7. The van der Waals surface area contributed by atoms with E-state index in [2.05, 4.69) is 34.7 Å². The number of nitrogens with one attached hydrogen (secondary N) is 3. The number of ether oxygens (including phenoxy) is 2. The number of benzene rings is 2. The molecule has 1 unspecified atom stereocenters. The van der Waals surface area contributed by atoms with Gasteiger partial charge in [0.2, 0.25) is 11.8 Å². The van der Waals surface area contributed by atoms with Crippen LogP contribution in [-0.4, -0.2) is 77.0 Å². The van der Waals surface area contributed by atoms with E-state index in [1.165, 1.54) is 30.8 Å². The lowest BCUT2D eigenvalue weighted by Gasteiger charge is -2.31. The average molecular weight is 668 g/mol. The molecule has 3 N–H and O–H groups in total. The molecule has 0 bridgehead atoms. The molecule has 2 aromatic carbocycles. The Morgan fingerprint density at radius 3 is 2.53 bits per heavy atom. The number of hydrogen-bond acceptors (Lipinski definition) is 7. The first kappa shape index (κ1) is 34.7. The predicted octanol–water partition coefficient (Wildman–Crippen LogP) is 5.25. The van der Waals surface area contributed by atoms with Crippen molar-refractivity contribution in [2.45, 2.75) is 96.6 Å². The normalized spacial score (nSPS) is 18.7. The van der Waals surface area contributed by atoms with Gasteiger partial charge in [-0.15, -0.1) is 0 Å². The molecule has 254 valence electrons. The second-order valence-electron chi connectivity index (χ2n) is 13.9. The smallest absolute Gasteiger partial charge is 0.319 e. The van der Waals surface area contributed by atoms with Crippen molar-refractivity contribution in [3.8, 4) is 5.75 Å². The van der Waals surface area contributed by atoms with E-state index in [1.54, 1.807) is 30.3 Å². The average Bonchev–Trinajstić information content (AvgIpc) is 3.62. The van der Waals surface area contributed by atoms with Gasteiger partial charge in [-0.3, -0.25) is 19.7 Å². The van der Waals surface area contributed by atoms with Gasteiger partial charge in [0.1, 0.15) is 17.4 Å². The molecule has 1 atom stereocenters. The van der Waals surface area contributed by atoms with Crippen molar-refractivity contribution in [2.24, 2.45) is 0 Å². The molecule has 0 aromatic heterocycles. The number of likely N-dealkylation sites (tertiary alicyclic amines) is 1. The van der Waals surface area contributed by atoms with Crippen molar-refractivity contribution in [1.82, 2.24) is 20.4 Å². The summed E-state index contributed by atoms with van der Waals surface area (Å²) in [6, 6.07) is 9.34. The molecule has 12 heteroatoms. The Hall–Kier alpha value is -3.67. The molecule has 2 aromatic rings. The quantitative estimate of drug-likeness (QED) is 0.249. The SMILES string of the molecule is CC(C)(CCN1CCCC1)OCCC(C)(C)Oc1cc(Cl)cc(NC(=O)NCc2ccc3c(c2)CN(C2CCC(=O)NC2=O)C3=O)c1. The molecule has 47 heavy (non-hydrogen) atoms. The fourth-order valence-corrected chi connectivity index (χ4v) is 6.46. The molecule has 0 spiro atoms. The van der Waals surface area contributed by atoms with Crippen LogP contribution in [0.1, 0.15) is 87.7 Å². The molecule has 0 radical (unpaired) electrons. The number of imide groups is 1. The van der Waals surface area contributed by atoms with Crippen LogP contribution in [0, 0.1) is 0 Å². The number of urea groups is 1. The van der Waals surface area contributed by atoms with Gasteiger partial charge in [-0.05, 0) is 95.8 Å². The summed E-state index contributed by atoms with van der Waals surface area (Å²) in [5.74, 6) is -0.472. The second-order valence-corrected chi connectivity index (χ2v) is 14.3. The van der Waals surface area contributed by atoms with Crippen LogP contribution in [0.15, 0.2) is 36.4 Å². The van der Waals surface area contributed by atoms with Crippen molar-refractivity contribution in [2.75, 3.05) is 31.6 Å². The zero-order chi connectivity index (χ0) is 33.8. The minimum absolute atomic E-state index is 0.200. The molecule has 5 amide bonds. The van der Waals surface area contributed by atoms with E-state index in [1.807, 2.05) is 19.9 Å². The molecule has 3 aliphatic heterocycles. The maximum absolute atomic E-state index is 13.0. The van der Waals surface area contributed by atoms with E-state index in [-0.39, 0.29) is 36.9 Å². The Morgan fingerprint density at radius 1 is 1.02 bits per heavy atom. The van der Waals surface area contributed by atoms with Crippen LogP contribution in [0.4, 0.5) is 10.5 Å². The summed E-state index contributed by atoms with van der Waals surface area (Å²) in [4.78, 5) is 53.6. The number of piperidine rings is 1. The third-order valence-electron chi connectivity index (χ3n) is 8.99. The van der Waals surface area contributed by atoms with E-state index < -0.39 is 23.6 Å². The summed E-state index contributed by atoms with van der Waals surface area (Å²) in [7, 11) is 0. The van der Waals surface area contributed by atoms with Crippen LogP contribution in [0.2, 0.25) is 5.02 Å². The van der Waals surface area contributed by atoms with E-state index in [4.69, 9.17) is 21.1 Å². The van der Waals surface area contributed by atoms with Crippen LogP contribution in [0.25, 0.3) is 0 Å². The topological polar surface area (TPSA) is 129 Å². The van der Waals surface area contributed by atoms with Gasteiger partial charge >= 0.3 is 6.03 Å². The van der Waals surface area contributed by atoms with Gasteiger partial charge in [0, 0.05) is 54.8 Å². The molecule has 2 saturated heterocycles. The van der Waals surface area contributed by atoms with E-state index >= 15 is 0 Å². The van der Waals surface area contributed by atoms with Crippen LogP contribution in [0.3, 0.4) is 0 Å². The number of rotatable bonds is 13. The minimum Gasteiger partial charge on any atom is -0.488 e. The van der Waals surface area contributed by atoms with Crippen molar-refractivity contribution in [3.63, 3.8) is 0 Å². The van der Waals surface area contributed by atoms with Gasteiger partial charge in [-0.2, -0.15) is 0 Å². The fourth-order valence-electron chi connectivity index (χ4n) is 6.24. The zero-order valence-corrected chi connectivity index (χ0v) is 28.5. The summed E-state index contributed by atoms with van der Waals surface area (Å²) in [6.07, 6.45) is 4.73. The standard InChI is InChI=1S/C35H46ClN5O6/c1-34(2,11-15-40-13-5-6-14-40)46-16-12-35(3,4)47-27-19-25(36)18-26(20-27)38-33(45)37-21-23-7-8-28-24(17-23)22-41(32(28)44)29-9-10-30(42)39-31(29)43/h7-8,17-20,29H,5-6,9-16,21-22H2,1-4H3,(H2,37,38,45)(H,39,42,43). The molecular formula is C35H46ClN5O6. The Labute approximate surface area is 281 Å². The predicted molar refractivity (Wildman–Crippen MR) is 179 cm³/mol. The third-order valence-corrected chi connectivity index (χ3v) is 9.21. The highest BCUT2D eigenvalue weighted by atomic mass is 35.5. The Balaban J connectivity index is 1.09. The van der Waals surface area contributed by atoms with Gasteiger partial charge in [0.05, 0.1) is 12.2 Å². The van der Waals surface area contributed by atoms with Crippen LogP contribution >= 0.6 is 11.6 Å². The van der Waals surface area contributed by atoms with Crippen molar-refractivity contribution >= 4 is 41.0 Å². The van der Waals surface area contributed by atoms with Gasteiger partial charge in [-0.1, -0.05) is 23.7 Å². The molecule has 0 aliphatic carbocycles. The maximum atomic E-state index is 13.0. The number of fused-ring (bicyclic) bond motifs is 1. The fraction of sp³-hybridized carbons (Fsp3) is 0.543. The Morgan fingerprint density at radius 2 is 1.79 bits per heavy atom. The van der Waals surface area contributed by atoms with Gasteiger partial charge in [0.15, 0.2) is 0 Å². The van der Waals surface area contributed by atoms with E-state index in [0.717, 1.165) is 24.1 Å². The number of hydrogen-bond donors (Lipinski definition) is 3. The third kappa shape index (κ3) is 9.46. The van der Waals surface area contributed by atoms with Crippen molar-refractivity contribution in [3.05, 3.63) is 58.1 Å². The Bertz CT molecular complexity index is 1510. The molecule has 11 nitrogen and oxygen atoms in total. The monoisotopic (exact) mass is 667 g/mol. The van der Waals surface area contributed by atoms with Crippen LogP contribution in [0.5, 0.6) is 5.75 Å². The first-order chi connectivity index (χ1) is 22.3. The van der Waals surface area contributed by atoms with Gasteiger partial charge in [0.25, 0.3) is 5.91 Å². The summed E-state index contributed by atoms with van der Waals surface area (Å²) in [5, 5.41) is 8.40. The van der Waals surface area contributed by atoms with Crippen molar-refractivity contribution < 1.29 is 28.7 Å². The lowest BCUT2D eigenvalue weighted by atomic mass is 10.0. The molecule has 2 fully saturated rings. The zero-order valence-electron chi connectivity index (χ0n) is 27.7. The number of halogens is 1. The summed E-state index contributed by atoms with van der Waals surface area (Å²) < 4.78 is 12.5. The van der Waals surface area contributed by atoms with E-state index in [0.29, 0.717) is 41.5 Å². The molecular weight excluding hydrogens is 622 g/mol. The number of carbonyl (C=O) groups is 4. The number of nitrogens with zero attached hydrogens (tertiary/aromatic N) is 2. The highest BCUT2D eigenvalue weighted by molar-refractivity contribution is 6.31. The lowest BCUT2D eigenvalue weighted by molar-refractivity contribution is -0.136. The number of anilines is 1. The highest BCUT2D eigenvalue weighted by Crippen LogP contribution is 2.30. The lowest BCUT2D eigenvalue weighted by Crippen LogP contribution is -2.52. The van der Waals surface area contributed by atoms with E-state index in [9.17, 15) is 19.2 Å². The molecule has 5 rings (SSSR count). The van der Waals surface area contributed by atoms with Gasteiger partial charge in [-0.25, -0.2) is 4.79 Å². The molecule has 0 saturated carbocycles. The largest absolute Gasteiger partial charge is 0.488 e. The molecule has 3 heterocycles. The summed E-state index contributed by atoms with van der Waals surface area (Å²) in [5.41, 5.74) is 1.83. The molecule has 3 aliphatic rings. The van der Waals surface area contributed by atoms with Crippen molar-refractivity contribution in [1.29, 1.82) is 0 Å². The number of amides is 5. The van der Waals surface area contributed by atoms with Crippen LogP contribution in [-0.2, 0) is 27.4 Å². The number of carbonyl (C=O) groups excluding carboxylic acids is 4. The highest BCUT2D eigenvalue weighted by Gasteiger charge is 2.39. The van der Waals surface area contributed by atoms with Crippen LogP contribution < -0.4 is 20.7 Å². The Kier molecular flexibility index (Phi) is 10.8. The maximum Gasteiger partial charge on any atom is 0.319 e. The minimum atomic E-state index is -0.674.